The third kappa shape index (κ3) is 3.13. The summed E-state index contributed by atoms with van der Waals surface area (Å²) in [5, 5.41) is 12.8. The molecule has 5 nitrogen and oxygen atoms in total. The molecular formula is C18H16ClNO4. The Labute approximate surface area is 144 Å². The number of aliphatic carboxylic acids is 1. The number of benzene rings is 2. The Balaban J connectivity index is 1.77. The molecule has 1 aliphatic heterocycles. The monoisotopic (exact) mass is 345 g/mol. The normalized spacial score (nSPS) is 19.9. The minimum atomic E-state index is -1.00. The van der Waals surface area contributed by atoms with Gasteiger partial charge in [0.05, 0.1) is 6.61 Å². The minimum absolute atomic E-state index is 0.163. The highest BCUT2D eigenvalue weighted by molar-refractivity contribution is 6.31. The number of carbonyl (C=O) groups excluding carboxylic acids is 1. The van der Waals surface area contributed by atoms with Gasteiger partial charge in [0.25, 0.3) is 5.91 Å². The van der Waals surface area contributed by atoms with Gasteiger partial charge in [0.2, 0.25) is 0 Å². The van der Waals surface area contributed by atoms with Gasteiger partial charge in [-0.2, -0.15) is 0 Å². The zero-order valence-electron chi connectivity index (χ0n) is 12.8. The Morgan fingerprint density at radius 2 is 1.92 bits per heavy atom. The number of carboxylic acid groups (broad SMARTS) is 1. The second-order valence-corrected chi connectivity index (χ2v) is 6.17. The Hall–Kier alpha value is -2.37. The molecule has 1 heterocycles. The number of anilines is 1. The van der Waals surface area contributed by atoms with Crippen molar-refractivity contribution in [2.24, 2.45) is 0 Å². The number of amides is 1. The second-order valence-electron chi connectivity index (χ2n) is 5.73. The van der Waals surface area contributed by atoms with Crippen LogP contribution in [-0.4, -0.2) is 30.2 Å². The van der Waals surface area contributed by atoms with E-state index in [9.17, 15) is 14.7 Å². The quantitative estimate of drug-likeness (QED) is 0.891. The number of nitrogens with one attached hydrogen (secondary N) is 1. The van der Waals surface area contributed by atoms with Gasteiger partial charge in [-0.1, -0.05) is 29.8 Å². The number of hydrogen-bond donors (Lipinski definition) is 2. The molecule has 0 saturated carbocycles. The molecule has 24 heavy (non-hydrogen) atoms. The molecule has 0 radical (unpaired) electrons. The Kier molecular flexibility index (Phi) is 4.55. The van der Waals surface area contributed by atoms with E-state index in [1.807, 2.05) is 0 Å². The van der Waals surface area contributed by atoms with Gasteiger partial charge in [-0.3, -0.25) is 9.59 Å². The Morgan fingerprint density at radius 3 is 2.50 bits per heavy atom. The average molecular weight is 346 g/mol. The van der Waals surface area contributed by atoms with E-state index in [0.717, 1.165) is 0 Å². The van der Waals surface area contributed by atoms with Crippen LogP contribution in [0.3, 0.4) is 0 Å². The molecule has 1 amide bonds. The number of ether oxygens (including phenoxy) is 1. The molecule has 0 bridgehead atoms. The van der Waals surface area contributed by atoms with Crippen molar-refractivity contribution in [3.05, 3.63) is 64.7 Å². The van der Waals surface area contributed by atoms with Gasteiger partial charge in [-0.25, -0.2) is 0 Å². The SMILES string of the molecule is O=C(Nc1ccc(C2(C(=O)O)CCOC2)cc1)c1cccc(Cl)c1. The van der Waals surface area contributed by atoms with Crippen LogP contribution in [0.2, 0.25) is 5.02 Å². The van der Waals surface area contributed by atoms with Crippen molar-refractivity contribution in [3.63, 3.8) is 0 Å². The molecule has 1 atom stereocenters. The van der Waals surface area contributed by atoms with Crippen molar-refractivity contribution < 1.29 is 19.4 Å². The Morgan fingerprint density at radius 1 is 1.17 bits per heavy atom. The molecular weight excluding hydrogens is 330 g/mol. The lowest BCUT2D eigenvalue weighted by molar-refractivity contribution is -0.143. The van der Waals surface area contributed by atoms with E-state index in [4.69, 9.17) is 16.3 Å². The van der Waals surface area contributed by atoms with Crippen LogP contribution < -0.4 is 5.32 Å². The fraction of sp³-hybridized carbons (Fsp3) is 0.222. The molecule has 1 fully saturated rings. The number of halogens is 1. The summed E-state index contributed by atoms with van der Waals surface area (Å²) in [7, 11) is 0. The first-order chi connectivity index (χ1) is 11.5. The zero-order chi connectivity index (χ0) is 17.2. The van der Waals surface area contributed by atoms with Crippen LogP contribution in [0.15, 0.2) is 48.5 Å². The van der Waals surface area contributed by atoms with Gasteiger partial charge in [0, 0.05) is 22.9 Å². The highest BCUT2D eigenvalue weighted by Gasteiger charge is 2.44. The van der Waals surface area contributed by atoms with Crippen LogP contribution in [0.4, 0.5) is 5.69 Å². The number of carboxylic acids is 1. The van der Waals surface area contributed by atoms with Crippen LogP contribution in [0.5, 0.6) is 0 Å². The van der Waals surface area contributed by atoms with Gasteiger partial charge >= 0.3 is 5.97 Å². The van der Waals surface area contributed by atoms with Crippen LogP contribution in [0.25, 0.3) is 0 Å². The van der Waals surface area contributed by atoms with E-state index in [1.54, 1.807) is 48.5 Å². The van der Waals surface area contributed by atoms with Gasteiger partial charge in [-0.15, -0.1) is 0 Å². The van der Waals surface area contributed by atoms with E-state index in [2.05, 4.69) is 5.32 Å². The number of hydrogen-bond acceptors (Lipinski definition) is 3. The fourth-order valence-corrected chi connectivity index (χ4v) is 2.98. The van der Waals surface area contributed by atoms with Crippen molar-refractivity contribution in [2.45, 2.75) is 11.8 Å². The summed E-state index contributed by atoms with van der Waals surface area (Å²) < 4.78 is 5.28. The second kappa shape index (κ2) is 6.63. The van der Waals surface area contributed by atoms with Crippen molar-refractivity contribution in [2.75, 3.05) is 18.5 Å². The van der Waals surface area contributed by atoms with E-state index in [-0.39, 0.29) is 12.5 Å². The van der Waals surface area contributed by atoms with Crippen molar-refractivity contribution in [1.82, 2.24) is 0 Å². The largest absolute Gasteiger partial charge is 0.481 e. The van der Waals surface area contributed by atoms with Gasteiger partial charge in [0.15, 0.2) is 0 Å². The summed E-state index contributed by atoms with van der Waals surface area (Å²) >= 11 is 5.88. The fourth-order valence-electron chi connectivity index (χ4n) is 2.79. The van der Waals surface area contributed by atoms with Crippen LogP contribution in [0.1, 0.15) is 22.3 Å². The topological polar surface area (TPSA) is 75.6 Å². The molecule has 2 aromatic carbocycles. The molecule has 1 unspecified atom stereocenters. The first-order valence-corrected chi connectivity index (χ1v) is 7.88. The molecule has 2 N–H and O–H groups in total. The molecule has 1 aliphatic rings. The van der Waals surface area contributed by atoms with E-state index in [1.165, 1.54) is 0 Å². The van der Waals surface area contributed by atoms with Gasteiger partial charge < -0.3 is 15.2 Å². The summed E-state index contributed by atoms with van der Waals surface area (Å²) in [6.45, 7) is 0.593. The number of rotatable bonds is 4. The highest BCUT2D eigenvalue weighted by atomic mass is 35.5. The summed E-state index contributed by atoms with van der Waals surface area (Å²) in [5.74, 6) is -1.17. The number of carbonyl (C=O) groups is 2. The lowest BCUT2D eigenvalue weighted by Gasteiger charge is -2.22. The third-order valence-corrected chi connectivity index (χ3v) is 4.45. The van der Waals surface area contributed by atoms with Crippen LogP contribution >= 0.6 is 11.6 Å². The van der Waals surface area contributed by atoms with E-state index >= 15 is 0 Å². The lowest BCUT2D eigenvalue weighted by atomic mass is 9.80. The smallest absolute Gasteiger partial charge is 0.316 e. The summed E-state index contributed by atoms with van der Waals surface area (Å²) in [6.07, 6.45) is 0.441. The maximum atomic E-state index is 12.2. The van der Waals surface area contributed by atoms with Gasteiger partial charge in [0.1, 0.15) is 5.41 Å². The third-order valence-electron chi connectivity index (χ3n) is 4.21. The van der Waals surface area contributed by atoms with E-state index in [0.29, 0.717) is 34.9 Å². The lowest BCUT2D eigenvalue weighted by Crippen LogP contribution is -2.36. The summed E-state index contributed by atoms with van der Waals surface area (Å²) in [5.41, 5.74) is 0.712. The van der Waals surface area contributed by atoms with E-state index < -0.39 is 11.4 Å². The predicted molar refractivity (Wildman–Crippen MR) is 90.6 cm³/mol. The molecule has 3 rings (SSSR count). The predicted octanol–water partition coefficient (Wildman–Crippen LogP) is 3.34. The molecule has 124 valence electrons. The standard InChI is InChI=1S/C18H16ClNO4/c19-14-3-1-2-12(10-14)16(21)20-15-6-4-13(5-7-15)18(17(22)23)8-9-24-11-18/h1-7,10H,8-9,11H2,(H,20,21)(H,22,23). The molecule has 6 heteroatoms. The zero-order valence-corrected chi connectivity index (χ0v) is 13.5. The molecule has 0 aromatic heterocycles. The minimum Gasteiger partial charge on any atom is -0.481 e. The molecule has 0 aliphatic carbocycles. The van der Waals surface area contributed by atoms with Crippen LogP contribution in [0, 0.1) is 0 Å². The summed E-state index contributed by atoms with van der Waals surface area (Å²) in [4.78, 5) is 23.8. The summed E-state index contributed by atoms with van der Waals surface area (Å²) in [6, 6.07) is 13.5. The molecule has 1 saturated heterocycles. The molecule has 0 spiro atoms. The van der Waals surface area contributed by atoms with Crippen molar-refractivity contribution in [3.8, 4) is 0 Å². The highest BCUT2D eigenvalue weighted by Crippen LogP contribution is 2.34. The first kappa shape index (κ1) is 16.5. The Bertz CT molecular complexity index is 767. The van der Waals surface area contributed by atoms with Crippen molar-refractivity contribution >= 4 is 29.2 Å². The van der Waals surface area contributed by atoms with Gasteiger partial charge in [-0.05, 0) is 42.3 Å². The average Bonchev–Trinajstić information content (AvgIpc) is 3.06. The first-order valence-electron chi connectivity index (χ1n) is 7.50. The van der Waals surface area contributed by atoms with Crippen molar-refractivity contribution in [1.29, 1.82) is 0 Å². The maximum Gasteiger partial charge on any atom is 0.316 e. The molecule has 2 aromatic rings. The van der Waals surface area contributed by atoms with Crippen LogP contribution in [-0.2, 0) is 14.9 Å². The maximum absolute atomic E-state index is 12.2.